The number of rotatable bonds is 6. The van der Waals surface area contributed by atoms with Gasteiger partial charge in [-0.15, -0.1) is 10.2 Å². The third-order valence-corrected chi connectivity index (χ3v) is 5.61. The van der Waals surface area contributed by atoms with E-state index in [-0.39, 0.29) is 11.8 Å². The zero-order valence-corrected chi connectivity index (χ0v) is 19.4. The predicted molar refractivity (Wildman–Crippen MR) is 139 cm³/mol. The van der Waals surface area contributed by atoms with Crippen LogP contribution in [0.25, 0.3) is 22.9 Å². The molecule has 0 fully saturated rings. The molecule has 0 radical (unpaired) electrons. The van der Waals surface area contributed by atoms with Crippen molar-refractivity contribution in [3.05, 3.63) is 120 Å². The van der Waals surface area contributed by atoms with Crippen molar-refractivity contribution in [3.8, 4) is 22.9 Å². The van der Waals surface area contributed by atoms with Crippen LogP contribution in [-0.2, 0) is 0 Å². The molecule has 1 heterocycles. The Kier molecular flexibility index (Phi) is 6.36. The van der Waals surface area contributed by atoms with Gasteiger partial charge in [0.05, 0.1) is 0 Å². The molecule has 5 aromatic rings. The van der Waals surface area contributed by atoms with Gasteiger partial charge < -0.3 is 15.1 Å². The summed E-state index contributed by atoms with van der Waals surface area (Å²) in [6.45, 7) is 1.99. The fraction of sp³-hybridized carbons (Fsp3) is 0.0345. The molecule has 2 N–H and O–H groups in total. The smallest absolute Gasteiger partial charge is 0.255 e. The van der Waals surface area contributed by atoms with Crippen LogP contribution in [0.3, 0.4) is 0 Å². The molecule has 4 aromatic carbocycles. The number of aryl methyl sites for hydroxylation is 1. The van der Waals surface area contributed by atoms with E-state index in [0.717, 1.165) is 11.1 Å². The standard InChI is InChI=1S/C29H22N4O3/c1-19-8-5-6-13-25(19)29-33-32-28(36-29)22-16-14-21(15-17-22)27(35)31-24-12-7-11-23(18-24)30-26(34)20-9-3-2-4-10-20/h2-18H,1H3,(H,30,34)(H,31,35). The first kappa shape index (κ1) is 22.7. The number of carbonyl (C=O) groups is 2. The molecule has 5 rings (SSSR count). The van der Waals surface area contributed by atoms with Crippen LogP contribution >= 0.6 is 0 Å². The molecule has 2 amide bonds. The topological polar surface area (TPSA) is 97.1 Å². The Morgan fingerprint density at radius 2 is 1.22 bits per heavy atom. The van der Waals surface area contributed by atoms with Gasteiger partial charge in [-0.05, 0) is 73.2 Å². The van der Waals surface area contributed by atoms with Crippen molar-refractivity contribution in [3.63, 3.8) is 0 Å². The summed E-state index contributed by atoms with van der Waals surface area (Å²) in [6, 6.07) is 30.7. The Hall–Kier alpha value is -5.04. The van der Waals surface area contributed by atoms with Crippen LogP contribution in [0.15, 0.2) is 108 Å². The molecule has 7 nitrogen and oxygen atoms in total. The second-order valence-electron chi connectivity index (χ2n) is 8.16. The molecule has 1 aromatic heterocycles. The molecule has 0 aliphatic carbocycles. The molecule has 36 heavy (non-hydrogen) atoms. The van der Waals surface area contributed by atoms with E-state index in [0.29, 0.717) is 39.8 Å². The minimum Gasteiger partial charge on any atom is -0.416 e. The van der Waals surface area contributed by atoms with E-state index in [1.165, 1.54) is 0 Å². The average molecular weight is 475 g/mol. The third kappa shape index (κ3) is 5.05. The van der Waals surface area contributed by atoms with Gasteiger partial charge in [0, 0.05) is 33.6 Å². The highest BCUT2D eigenvalue weighted by molar-refractivity contribution is 6.06. The normalized spacial score (nSPS) is 10.6. The van der Waals surface area contributed by atoms with Gasteiger partial charge in [0.15, 0.2) is 0 Å². The van der Waals surface area contributed by atoms with Crippen molar-refractivity contribution < 1.29 is 14.0 Å². The summed E-state index contributed by atoms with van der Waals surface area (Å²) >= 11 is 0. The summed E-state index contributed by atoms with van der Waals surface area (Å²) in [7, 11) is 0. The summed E-state index contributed by atoms with van der Waals surface area (Å²) < 4.78 is 5.85. The van der Waals surface area contributed by atoms with Crippen LogP contribution in [0.4, 0.5) is 11.4 Å². The summed E-state index contributed by atoms with van der Waals surface area (Å²) in [6.07, 6.45) is 0. The second kappa shape index (κ2) is 10.1. The zero-order chi connectivity index (χ0) is 24.9. The van der Waals surface area contributed by atoms with Gasteiger partial charge in [0.25, 0.3) is 11.8 Å². The maximum absolute atomic E-state index is 12.8. The Morgan fingerprint density at radius 3 is 1.89 bits per heavy atom. The number of aromatic nitrogens is 2. The number of hydrogen-bond acceptors (Lipinski definition) is 5. The fourth-order valence-corrected chi connectivity index (χ4v) is 3.70. The third-order valence-electron chi connectivity index (χ3n) is 5.61. The van der Waals surface area contributed by atoms with E-state index in [1.54, 1.807) is 72.8 Å². The number of nitrogens with one attached hydrogen (secondary N) is 2. The van der Waals surface area contributed by atoms with E-state index in [4.69, 9.17) is 4.42 Å². The van der Waals surface area contributed by atoms with Gasteiger partial charge in [-0.1, -0.05) is 42.5 Å². The van der Waals surface area contributed by atoms with Crippen LogP contribution in [0, 0.1) is 6.92 Å². The Bertz CT molecular complexity index is 1530. The number of nitrogens with zero attached hydrogens (tertiary/aromatic N) is 2. The van der Waals surface area contributed by atoms with Crippen LogP contribution < -0.4 is 10.6 Å². The molecule has 0 saturated heterocycles. The van der Waals surface area contributed by atoms with Crippen molar-refractivity contribution in [1.82, 2.24) is 10.2 Å². The predicted octanol–water partition coefficient (Wildman–Crippen LogP) is 6.22. The summed E-state index contributed by atoms with van der Waals surface area (Å²) in [5.74, 6) is 0.326. The number of hydrogen-bond donors (Lipinski definition) is 2. The van der Waals surface area contributed by atoms with E-state index >= 15 is 0 Å². The molecule has 0 aliphatic rings. The molecule has 0 unspecified atom stereocenters. The quantitative estimate of drug-likeness (QED) is 0.305. The molecule has 0 aliphatic heterocycles. The van der Waals surface area contributed by atoms with E-state index in [1.807, 2.05) is 37.3 Å². The van der Waals surface area contributed by atoms with Gasteiger partial charge in [0.2, 0.25) is 11.8 Å². The lowest BCUT2D eigenvalue weighted by Crippen LogP contribution is -2.14. The SMILES string of the molecule is Cc1ccccc1-c1nnc(-c2ccc(C(=O)Nc3cccc(NC(=O)c4ccccc4)c3)cc2)o1. The summed E-state index contributed by atoms with van der Waals surface area (Å²) in [4.78, 5) is 25.2. The van der Waals surface area contributed by atoms with Crippen LogP contribution in [-0.4, -0.2) is 22.0 Å². The number of amides is 2. The number of anilines is 2. The molecule has 0 saturated carbocycles. The van der Waals surface area contributed by atoms with Crippen molar-refractivity contribution >= 4 is 23.2 Å². The van der Waals surface area contributed by atoms with Gasteiger partial charge in [-0.2, -0.15) is 0 Å². The Morgan fingerprint density at radius 1 is 0.639 bits per heavy atom. The Labute approximate surface area is 207 Å². The first-order valence-corrected chi connectivity index (χ1v) is 11.3. The van der Waals surface area contributed by atoms with E-state index in [9.17, 15) is 9.59 Å². The highest BCUT2D eigenvalue weighted by Gasteiger charge is 2.14. The summed E-state index contributed by atoms with van der Waals surface area (Å²) in [5, 5.41) is 14.0. The van der Waals surface area contributed by atoms with E-state index in [2.05, 4.69) is 20.8 Å². The van der Waals surface area contributed by atoms with Crippen molar-refractivity contribution in [2.24, 2.45) is 0 Å². The molecule has 7 heteroatoms. The maximum atomic E-state index is 12.8. The lowest BCUT2D eigenvalue weighted by molar-refractivity contribution is 0.101. The van der Waals surface area contributed by atoms with Crippen LogP contribution in [0.5, 0.6) is 0 Å². The van der Waals surface area contributed by atoms with Gasteiger partial charge in [0.1, 0.15) is 0 Å². The van der Waals surface area contributed by atoms with Gasteiger partial charge in [-0.3, -0.25) is 9.59 Å². The molecule has 0 bridgehead atoms. The fourth-order valence-electron chi connectivity index (χ4n) is 3.70. The largest absolute Gasteiger partial charge is 0.416 e. The van der Waals surface area contributed by atoms with Gasteiger partial charge >= 0.3 is 0 Å². The van der Waals surface area contributed by atoms with Crippen molar-refractivity contribution in [2.75, 3.05) is 10.6 Å². The number of carbonyl (C=O) groups excluding carboxylic acids is 2. The van der Waals surface area contributed by atoms with Gasteiger partial charge in [-0.25, -0.2) is 0 Å². The maximum Gasteiger partial charge on any atom is 0.255 e. The van der Waals surface area contributed by atoms with E-state index < -0.39 is 0 Å². The first-order valence-electron chi connectivity index (χ1n) is 11.3. The molecular formula is C29H22N4O3. The van der Waals surface area contributed by atoms with Crippen LogP contribution in [0.2, 0.25) is 0 Å². The molecular weight excluding hydrogens is 452 g/mol. The molecule has 0 spiro atoms. The second-order valence-corrected chi connectivity index (χ2v) is 8.16. The van der Waals surface area contributed by atoms with Crippen LogP contribution in [0.1, 0.15) is 26.3 Å². The average Bonchev–Trinajstić information content (AvgIpc) is 3.40. The zero-order valence-electron chi connectivity index (χ0n) is 19.4. The minimum absolute atomic E-state index is 0.221. The molecule has 0 atom stereocenters. The summed E-state index contributed by atoms with van der Waals surface area (Å²) in [5.41, 5.74) is 4.81. The Balaban J connectivity index is 1.26. The highest BCUT2D eigenvalue weighted by Crippen LogP contribution is 2.26. The lowest BCUT2D eigenvalue weighted by Gasteiger charge is -2.09. The molecule has 176 valence electrons. The van der Waals surface area contributed by atoms with Crippen molar-refractivity contribution in [2.45, 2.75) is 6.92 Å². The first-order chi connectivity index (χ1) is 17.6. The number of benzene rings is 4. The van der Waals surface area contributed by atoms with Crippen molar-refractivity contribution in [1.29, 1.82) is 0 Å². The minimum atomic E-state index is -0.279. The highest BCUT2D eigenvalue weighted by atomic mass is 16.4. The monoisotopic (exact) mass is 474 g/mol. The lowest BCUT2D eigenvalue weighted by atomic mass is 10.1.